The third kappa shape index (κ3) is 8.90. The Morgan fingerprint density at radius 3 is 2.14 bits per heavy atom. The van der Waals surface area contributed by atoms with E-state index < -0.39 is 23.9 Å². The Balaban J connectivity index is 2.90. The summed E-state index contributed by atoms with van der Waals surface area (Å²) < 4.78 is 0. The normalized spacial score (nSPS) is 12.9. The Bertz CT molecular complexity index is 673. The molecule has 0 aliphatic carbocycles. The molecule has 7 nitrogen and oxygen atoms in total. The van der Waals surface area contributed by atoms with Gasteiger partial charge in [-0.25, -0.2) is 0 Å². The van der Waals surface area contributed by atoms with Crippen LogP contribution in [0.3, 0.4) is 0 Å². The molecule has 2 amide bonds. The molecule has 4 N–H and O–H groups in total. The first kappa shape index (κ1) is 23.5. The molecule has 0 aliphatic heterocycles. The first-order chi connectivity index (χ1) is 13.2. The van der Waals surface area contributed by atoms with E-state index in [2.05, 4.69) is 10.6 Å². The van der Waals surface area contributed by atoms with E-state index in [1.165, 1.54) is 6.92 Å². The number of hydrogen-bond acceptors (Lipinski definition) is 5. The third-order valence-corrected chi connectivity index (χ3v) is 4.26. The van der Waals surface area contributed by atoms with Crippen LogP contribution in [0.4, 0.5) is 0 Å². The number of carbonyl (C=O) groups excluding carboxylic acids is 4. The van der Waals surface area contributed by atoms with Gasteiger partial charge in [-0.05, 0) is 24.8 Å². The van der Waals surface area contributed by atoms with Gasteiger partial charge in [0.05, 0.1) is 12.6 Å². The van der Waals surface area contributed by atoms with Crippen molar-refractivity contribution >= 4 is 23.4 Å². The number of carbonyl (C=O) groups is 4. The molecule has 0 heterocycles. The van der Waals surface area contributed by atoms with E-state index in [9.17, 15) is 19.2 Å². The van der Waals surface area contributed by atoms with Crippen LogP contribution in [0.25, 0.3) is 0 Å². The van der Waals surface area contributed by atoms with Crippen LogP contribution in [0, 0.1) is 5.92 Å². The Kier molecular flexibility index (Phi) is 10.1. The number of ketones is 2. The minimum Gasteiger partial charge on any atom is -0.344 e. The topological polar surface area (TPSA) is 118 Å². The fraction of sp³-hybridized carbons (Fsp3) is 0.524. The molecule has 0 aromatic heterocycles. The van der Waals surface area contributed by atoms with Crippen molar-refractivity contribution < 1.29 is 19.2 Å². The van der Waals surface area contributed by atoms with Crippen molar-refractivity contribution in [3.05, 3.63) is 35.9 Å². The van der Waals surface area contributed by atoms with E-state index in [1.54, 1.807) is 0 Å². The number of nitrogens with two attached hydrogens (primary N) is 1. The number of hydrogen-bond donors (Lipinski definition) is 3. The molecular weight excluding hydrogens is 358 g/mol. The highest BCUT2D eigenvalue weighted by Crippen LogP contribution is 2.10. The molecule has 1 aromatic carbocycles. The molecule has 1 rings (SSSR count). The van der Waals surface area contributed by atoms with E-state index >= 15 is 0 Å². The SMILES string of the molecule is CC(=O)CCC(=O)C(CC(C)C)NC(=O)C(Cc1ccccc1)NC(=O)CN. The van der Waals surface area contributed by atoms with Crippen LogP contribution in [0.2, 0.25) is 0 Å². The monoisotopic (exact) mass is 389 g/mol. The predicted molar refractivity (Wildman–Crippen MR) is 107 cm³/mol. The maximum atomic E-state index is 12.8. The van der Waals surface area contributed by atoms with E-state index in [0.717, 1.165) is 5.56 Å². The lowest BCUT2D eigenvalue weighted by molar-refractivity contribution is -0.131. The summed E-state index contributed by atoms with van der Waals surface area (Å²) >= 11 is 0. The molecule has 2 unspecified atom stereocenters. The van der Waals surface area contributed by atoms with E-state index in [4.69, 9.17) is 5.73 Å². The summed E-state index contributed by atoms with van der Waals surface area (Å²) in [5, 5.41) is 5.39. The van der Waals surface area contributed by atoms with Gasteiger partial charge < -0.3 is 21.2 Å². The second-order valence-corrected chi connectivity index (χ2v) is 7.37. The number of amides is 2. The quantitative estimate of drug-likeness (QED) is 0.495. The lowest BCUT2D eigenvalue weighted by Crippen LogP contribution is -2.53. The molecular formula is C21H31N3O4. The summed E-state index contributed by atoms with van der Waals surface area (Å²) in [6.07, 6.45) is 0.992. The molecule has 154 valence electrons. The van der Waals surface area contributed by atoms with Gasteiger partial charge >= 0.3 is 0 Å². The Morgan fingerprint density at radius 1 is 0.964 bits per heavy atom. The molecule has 28 heavy (non-hydrogen) atoms. The van der Waals surface area contributed by atoms with E-state index in [1.807, 2.05) is 44.2 Å². The van der Waals surface area contributed by atoms with E-state index in [0.29, 0.717) is 6.42 Å². The molecule has 0 spiro atoms. The fourth-order valence-electron chi connectivity index (χ4n) is 2.80. The van der Waals surface area contributed by atoms with Crippen molar-refractivity contribution in [3.63, 3.8) is 0 Å². The molecule has 0 fully saturated rings. The molecule has 0 bridgehead atoms. The molecule has 2 atom stereocenters. The van der Waals surface area contributed by atoms with Gasteiger partial charge in [-0.3, -0.25) is 14.4 Å². The van der Waals surface area contributed by atoms with Crippen molar-refractivity contribution in [1.29, 1.82) is 0 Å². The maximum Gasteiger partial charge on any atom is 0.243 e. The van der Waals surface area contributed by atoms with Crippen LogP contribution in [-0.4, -0.2) is 42.0 Å². The van der Waals surface area contributed by atoms with Gasteiger partial charge in [0.15, 0.2) is 5.78 Å². The first-order valence-electron chi connectivity index (χ1n) is 9.58. The molecule has 1 aromatic rings. The number of rotatable bonds is 12. The summed E-state index contributed by atoms with van der Waals surface area (Å²) in [7, 11) is 0. The second kappa shape index (κ2) is 12.0. The zero-order valence-electron chi connectivity index (χ0n) is 16.9. The van der Waals surface area contributed by atoms with Crippen LogP contribution in [0.15, 0.2) is 30.3 Å². The van der Waals surface area contributed by atoms with Gasteiger partial charge in [-0.2, -0.15) is 0 Å². The Labute approximate surface area is 166 Å². The van der Waals surface area contributed by atoms with Crippen molar-refractivity contribution in [2.45, 2.75) is 58.5 Å². The minimum absolute atomic E-state index is 0.0693. The van der Waals surface area contributed by atoms with Gasteiger partial charge in [0.25, 0.3) is 0 Å². The Hall–Kier alpha value is -2.54. The highest BCUT2D eigenvalue weighted by Gasteiger charge is 2.27. The molecule has 0 aliphatic rings. The third-order valence-electron chi connectivity index (χ3n) is 4.26. The van der Waals surface area contributed by atoms with Gasteiger partial charge in [-0.15, -0.1) is 0 Å². The van der Waals surface area contributed by atoms with Crippen LogP contribution in [0.1, 0.15) is 45.6 Å². The summed E-state index contributed by atoms with van der Waals surface area (Å²) in [5.74, 6) is -0.953. The fourth-order valence-corrected chi connectivity index (χ4v) is 2.80. The molecule has 0 saturated heterocycles. The summed E-state index contributed by atoms with van der Waals surface area (Å²) in [6, 6.07) is 7.75. The number of Topliss-reactive ketones (excluding diaryl/α,β-unsaturated/α-hetero) is 2. The van der Waals surface area contributed by atoms with Crippen molar-refractivity contribution in [2.24, 2.45) is 11.7 Å². The van der Waals surface area contributed by atoms with Crippen LogP contribution in [-0.2, 0) is 25.6 Å². The van der Waals surface area contributed by atoms with E-state index in [-0.39, 0.29) is 43.3 Å². The predicted octanol–water partition coefficient (Wildman–Crippen LogP) is 1.14. The maximum absolute atomic E-state index is 12.8. The number of benzene rings is 1. The Morgan fingerprint density at radius 2 is 1.61 bits per heavy atom. The van der Waals surface area contributed by atoms with Crippen LogP contribution < -0.4 is 16.4 Å². The zero-order valence-corrected chi connectivity index (χ0v) is 16.9. The van der Waals surface area contributed by atoms with Gasteiger partial charge in [0, 0.05) is 19.3 Å². The largest absolute Gasteiger partial charge is 0.344 e. The van der Waals surface area contributed by atoms with Crippen molar-refractivity contribution in [2.75, 3.05) is 6.54 Å². The summed E-state index contributed by atoms with van der Waals surface area (Å²) in [5.41, 5.74) is 6.25. The number of nitrogens with one attached hydrogen (secondary N) is 2. The summed E-state index contributed by atoms with van der Waals surface area (Å²) in [4.78, 5) is 48.3. The molecule has 7 heteroatoms. The van der Waals surface area contributed by atoms with Gasteiger partial charge in [0.2, 0.25) is 11.8 Å². The first-order valence-corrected chi connectivity index (χ1v) is 9.58. The average molecular weight is 389 g/mol. The van der Waals surface area contributed by atoms with Crippen LogP contribution >= 0.6 is 0 Å². The lowest BCUT2D eigenvalue weighted by Gasteiger charge is -2.24. The average Bonchev–Trinajstić information content (AvgIpc) is 2.65. The molecule has 0 radical (unpaired) electrons. The highest BCUT2D eigenvalue weighted by atomic mass is 16.2. The molecule has 0 saturated carbocycles. The van der Waals surface area contributed by atoms with Crippen molar-refractivity contribution in [1.82, 2.24) is 10.6 Å². The minimum atomic E-state index is -0.839. The smallest absolute Gasteiger partial charge is 0.243 e. The van der Waals surface area contributed by atoms with Crippen LogP contribution in [0.5, 0.6) is 0 Å². The lowest BCUT2D eigenvalue weighted by atomic mass is 9.96. The van der Waals surface area contributed by atoms with Gasteiger partial charge in [0.1, 0.15) is 11.8 Å². The summed E-state index contributed by atoms with van der Waals surface area (Å²) in [6.45, 7) is 5.11. The zero-order chi connectivity index (χ0) is 21.1. The highest BCUT2D eigenvalue weighted by molar-refractivity contribution is 5.94. The van der Waals surface area contributed by atoms with Crippen molar-refractivity contribution in [3.8, 4) is 0 Å². The standard InChI is InChI=1S/C21H31N3O4/c1-14(2)11-17(19(26)10-9-15(3)25)24-21(28)18(23-20(27)13-22)12-16-7-5-4-6-8-16/h4-8,14,17-18H,9-13,22H2,1-3H3,(H,23,27)(H,24,28). The van der Waals surface area contributed by atoms with Gasteiger partial charge in [-0.1, -0.05) is 44.2 Å². The second-order valence-electron chi connectivity index (χ2n) is 7.37.